The molecule has 1 fully saturated rings. The number of hydrogen-bond acceptors (Lipinski definition) is 3. The van der Waals surface area contributed by atoms with Crippen molar-refractivity contribution < 1.29 is 4.79 Å². The normalized spacial score (nSPS) is 15.2. The maximum atomic E-state index is 12.7. The number of amides is 1. The lowest BCUT2D eigenvalue weighted by Gasteiger charge is -2.20. The van der Waals surface area contributed by atoms with Crippen molar-refractivity contribution in [2.75, 3.05) is 13.6 Å². The van der Waals surface area contributed by atoms with Crippen LogP contribution >= 0.6 is 0 Å². The van der Waals surface area contributed by atoms with E-state index in [0.29, 0.717) is 12.2 Å². The number of hydrogen-bond donors (Lipinski definition) is 0. The fourth-order valence-corrected chi connectivity index (χ4v) is 4.19. The van der Waals surface area contributed by atoms with Crippen molar-refractivity contribution in [3.63, 3.8) is 0 Å². The lowest BCUT2D eigenvalue weighted by molar-refractivity contribution is 0.0785. The van der Waals surface area contributed by atoms with E-state index in [9.17, 15) is 4.79 Å². The zero-order valence-electron chi connectivity index (χ0n) is 16.6. The third-order valence-corrected chi connectivity index (χ3v) is 5.95. The minimum atomic E-state index is -0.0691. The van der Waals surface area contributed by atoms with Crippen molar-refractivity contribution in [2.45, 2.75) is 51.6 Å². The molecule has 0 aliphatic heterocycles. The number of rotatable bonds is 7. The van der Waals surface area contributed by atoms with Gasteiger partial charge in [0.05, 0.1) is 6.20 Å². The molecule has 3 aromatic rings. The molecule has 0 unspecified atom stereocenters. The first-order valence-electron chi connectivity index (χ1n) is 10.4. The largest absolute Gasteiger partial charge is 0.346 e. The molecule has 1 aromatic carbocycles. The number of carbonyl (C=O) groups excluding carboxylic acids is 1. The fourth-order valence-electron chi connectivity index (χ4n) is 4.19. The molecular formula is C22H29N5O. The Kier molecular flexibility index (Phi) is 5.74. The van der Waals surface area contributed by atoms with Crippen LogP contribution in [0.3, 0.4) is 0 Å². The third-order valence-electron chi connectivity index (χ3n) is 5.95. The van der Waals surface area contributed by atoms with Gasteiger partial charge in [0.1, 0.15) is 0 Å². The number of aryl methyl sites for hydroxylation is 1. The summed E-state index contributed by atoms with van der Waals surface area (Å²) in [5.41, 5.74) is 1.63. The van der Waals surface area contributed by atoms with Crippen LogP contribution in [0.2, 0.25) is 0 Å². The molecule has 2 heterocycles. The summed E-state index contributed by atoms with van der Waals surface area (Å²) in [6.45, 7) is 2.24. The second-order valence-corrected chi connectivity index (χ2v) is 7.95. The Morgan fingerprint density at radius 2 is 1.96 bits per heavy atom. The highest BCUT2D eigenvalue weighted by Gasteiger charge is 2.17. The van der Waals surface area contributed by atoms with Crippen molar-refractivity contribution in [3.05, 3.63) is 48.4 Å². The summed E-state index contributed by atoms with van der Waals surface area (Å²) >= 11 is 0. The molecule has 1 aliphatic rings. The smallest absolute Gasteiger partial charge is 0.275 e. The maximum absolute atomic E-state index is 12.7. The summed E-state index contributed by atoms with van der Waals surface area (Å²) in [5, 5.41) is 9.50. The SMILES string of the molecule is CN(CCn1ccc2ccccc21)C(=O)c1cn(CCC2CCCCC2)nn1. The lowest BCUT2D eigenvalue weighted by atomic mass is 9.87. The molecule has 1 saturated carbocycles. The number of carbonyl (C=O) groups is 1. The lowest BCUT2D eigenvalue weighted by Crippen LogP contribution is -2.30. The number of nitrogens with zero attached hydrogens (tertiary/aromatic N) is 5. The molecule has 6 heteroatoms. The Bertz CT molecular complexity index is 922. The van der Waals surface area contributed by atoms with Gasteiger partial charge in [-0.05, 0) is 29.9 Å². The average Bonchev–Trinajstić information content (AvgIpc) is 3.38. The van der Waals surface area contributed by atoms with Crippen LogP contribution in [0.4, 0.5) is 0 Å². The highest BCUT2D eigenvalue weighted by atomic mass is 16.2. The second-order valence-electron chi connectivity index (χ2n) is 7.95. The van der Waals surface area contributed by atoms with Gasteiger partial charge in [0.25, 0.3) is 5.91 Å². The van der Waals surface area contributed by atoms with Crippen LogP contribution in [0.5, 0.6) is 0 Å². The highest BCUT2D eigenvalue weighted by Crippen LogP contribution is 2.26. The van der Waals surface area contributed by atoms with Gasteiger partial charge in [-0.15, -0.1) is 5.10 Å². The van der Waals surface area contributed by atoms with E-state index < -0.39 is 0 Å². The van der Waals surface area contributed by atoms with Gasteiger partial charge in [-0.2, -0.15) is 0 Å². The maximum Gasteiger partial charge on any atom is 0.275 e. The number of benzene rings is 1. The molecule has 4 rings (SSSR count). The minimum absolute atomic E-state index is 0.0691. The van der Waals surface area contributed by atoms with Crippen molar-refractivity contribution in [3.8, 4) is 0 Å². The van der Waals surface area contributed by atoms with E-state index in [1.807, 2.05) is 23.9 Å². The molecule has 1 aliphatic carbocycles. The third kappa shape index (κ3) is 4.26. The van der Waals surface area contributed by atoms with Crippen molar-refractivity contribution >= 4 is 16.8 Å². The molecule has 28 heavy (non-hydrogen) atoms. The predicted octanol–water partition coefficient (Wildman–Crippen LogP) is 3.98. The van der Waals surface area contributed by atoms with Crippen LogP contribution in [0.25, 0.3) is 10.9 Å². The Labute approximate surface area is 166 Å². The molecule has 0 bridgehead atoms. The summed E-state index contributed by atoms with van der Waals surface area (Å²) in [7, 11) is 1.83. The molecule has 0 atom stereocenters. The Hall–Kier alpha value is -2.63. The van der Waals surface area contributed by atoms with Gasteiger partial charge in [0, 0.05) is 38.4 Å². The van der Waals surface area contributed by atoms with Crippen molar-refractivity contribution in [2.24, 2.45) is 5.92 Å². The van der Waals surface area contributed by atoms with Gasteiger partial charge in [0.2, 0.25) is 0 Å². The molecule has 0 radical (unpaired) electrons. The zero-order chi connectivity index (χ0) is 19.3. The fraction of sp³-hybridized carbons (Fsp3) is 0.500. The van der Waals surface area contributed by atoms with Crippen molar-refractivity contribution in [1.82, 2.24) is 24.5 Å². The van der Waals surface area contributed by atoms with Crippen LogP contribution in [0, 0.1) is 5.92 Å². The zero-order valence-corrected chi connectivity index (χ0v) is 16.6. The topological polar surface area (TPSA) is 56.0 Å². The average molecular weight is 380 g/mol. The summed E-state index contributed by atoms with van der Waals surface area (Å²) in [6.07, 6.45) is 11.8. The minimum Gasteiger partial charge on any atom is -0.346 e. The molecule has 0 spiro atoms. The van der Waals surface area contributed by atoms with E-state index in [-0.39, 0.29) is 5.91 Å². The molecule has 0 N–H and O–H groups in total. The number of para-hydroxylation sites is 1. The summed E-state index contributed by atoms with van der Waals surface area (Å²) in [5.74, 6) is 0.733. The van der Waals surface area contributed by atoms with Gasteiger partial charge in [-0.3, -0.25) is 9.48 Å². The molecule has 148 valence electrons. The van der Waals surface area contributed by atoms with E-state index in [1.54, 1.807) is 11.1 Å². The Balaban J connectivity index is 1.30. The second kappa shape index (κ2) is 8.59. The molecule has 2 aromatic heterocycles. The van der Waals surface area contributed by atoms with Gasteiger partial charge >= 0.3 is 0 Å². The van der Waals surface area contributed by atoms with Crippen molar-refractivity contribution in [1.29, 1.82) is 0 Å². The number of aromatic nitrogens is 4. The monoisotopic (exact) mass is 379 g/mol. The van der Waals surface area contributed by atoms with Crippen LogP contribution in [-0.2, 0) is 13.1 Å². The van der Waals surface area contributed by atoms with Crippen LogP contribution < -0.4 is 0 Å². The van der Waals surface area contributed by atoms with Gasteiger partial charge < -0.3 is 9.47 Å². The predicted molar refractivity (Wildman–Crippen MR) is 110 cm³/mol. The first-order valence-corrected chi connectivity index (χ1v) is 10.4. The molecule has 1 amide bonds. The highest BCUT2D eigenvalue weighted by molar-refractivity contribution is 5.91. The first-order chi connectivity index (χ1) is 13.7. The summed E-state index contributed by atoms with van der Waals surface area (Å²) in [6, 6.07) is 10.4. The first kappa shape index (κ1) is 18.7. The standard InChI is InChI=1S/C22H29N5O/c1-25(15-16-26-13-12-19-9-5-6-10-21(19)26)22(28)20-17-27(24-23-20)14-11-18-7-3-2-4-8-18/h5-6,9-10,12-13,17-18H,2-4,7-8,11,14-16H2,1H3. The Morgan fingerprint density at radius 3 is 2.82 bits per heavy atom. The van der Waals surface area contributed by atoms with Crippen LogP contribution in [-0.4, -0.2) is 44.0 Å². The summed E-state index contributed by atoms with van der Waals surface area (Å²) in [4.78, 5) is 14.4. The quantitative estimate of drug-likeness (QED) is 0.624. The van der Waals surface area contributed by atoms with Gasteiger partial charge in [-0.25, -0.2) is 0 Å². The molecular weight excluding hydrogens is 350 g/mol. The van der Waals surface area contributed by atoms with Gasteiger partial charge in [0.15, 0.2) is 5.69 Å². The van der Waals surface area contributed by atoms with E-state index in [4.69, 9.17) is 0 Å². The summed E-state index contributed by atoms with van der Waals surface area (Å²) < 4.78 is 4.01. The molecule has 6 nitrogen and oxygen atoms in total. The Morgan fingerprint density at radius 1 is 1.14 bits per heavy atom. The number of likely N-dealkylation sites (N-methyl/N-ethyl adjacent to an activating group) is 1. The number of fused-ring (bicyclic) bond motifs is 1. The van der Waals surface area contributed by atoms with Gasteiger partial charge in [-0.1, -0.05) is 55.5 Å². The van der Waals surface area contributed by atoms with Crippen LogP contribution in [0.15, 0.2) is 42.7 Å². The van der Waals surface area contributed by atoms with E-state index in [1.165, 1.54) is 43.0 Å². The van der Waals surface area contributed by atoms with E-state index in [2.05, 4.69) is 39.3 Å². The molecule has 0 saturated heterocycles. The van der Waals surface area contributed by atoms with E-state index >= 15 is 0 Å². The van der Waals surface area contributed by atoms with Crippen LogP contribution in [0.1, 0.15) is 49.0 Å². The van der Waals surface area contributed by atoms with E-state index in [0.717, 1.165) is 25.4 Å².